The van der Waals surface area contributed by atoms with E-state index in [0.29, 0.717) is 0 Å². The molecule has 7 heteroatoms. The summed E-state index contributed by atoms with van der Waals surface area (Å²) in [5.74, 6) is -0.129. The lowest BCUT2D eigenvalue weighted by Crippen LogP contribution is -2.48. The number of carbonyl (C=O) groups is 2. The molecule has 0 fully saturated rings. The van der Waals surface area contributed by atoms with Crippen LogP contribution in [0.15, 0.2) is 0 Å². The molecule has 6 nitrogen and oxygen atoms in total. The van der Waals surface area contributed by atoms with Crippen molar-refractivity contribution in [2.45, 2.75) is 38.3 Å². The van der Waals surface area contributed by atoms with Crippen molar-refractivity contribution in [1.29, 1.82) is 0 Å². The van der Waals surface area contributed by atoms with E-state index >= 15 is 0 Å². The standard InChI is InChI=1S/C12H24N2O4S/c1-9(5-6-19-4)14(3)11(17)13-8-12(2,18)7-10(15)16/h9,18H,5-8H2,1-4H3,(H,13,17)(H,15,16). The van der Waals surface area contributed by atoms with Gasteiger partial charge in [0.2, 0.25) is 0 Å². The molecule has 0 aliphatic carbocycles. The number of nitrogens with one attached hydrogen (secondary N) is 1. The van der Waals surface area contributed by atoms with Gasteiger partial charge in [0, 0.05) is 19.6 Å². The normalized spacial score (nSPS) is 15.4. The van der Waals surface area contributed by atoms with Gasteiger partial charge in [-0.2, -0.15) is 11.8 Å². The highest BCUT2D eigenvalue weighted by molar-refractivity contribution is 7.98. The third-order valence-electron chi connectivity index (χ3n) is 2.87. The maximum absolute atomic E-state index is 11.8. The number of rotatable bonds is 8. The molecule has 112 valence electrons. The Morgan fingerprint density at radius 2 is 2.05 bits per heavy atom. The van der Waals surface area contributed by atoms with Crippen LogP contribution in [0.2, 0.25) is 0 Å². The molecule has 0 heterocycles. The van der Waals surface area contributed by atoms with Gasteiger partial charge in [-0.15, -0.1) is 0 Å². The molecule has 19 heavy (non-hydrogen) atoms. The van der Waals surface area contributed by atoms with Crippen LogP contribution in [0.3, 0.4) is 0 Å². The molecule has 0 bridgehead atoms. The number of thioether (sulfide) groups is 1. The van der Waals surface area contributed by atoms with E-state index in [2.05, 4.69) is 5.32 Å². The first kappa shape index (κ1) is 18.0. The van der Waals surface area contributed by atoms with E-state index in [0.717, 1.165) is 12.2 Å². The lowest BCUT2D eigenvalue weighted by Gasteiger charge is -2.28. The van der Waals surface area contributed by atoms with Gasteiger partial charge < -0.3 is 20.4 Å². The van der Waals surface area contributed by atoms with Crippen LogP contribution in [-0.2, 0) is 4.79 Å². The first-order chi connectivity index (χ1) is 8.69. The molecule has 0 aromatic heterocycles. The van der Waals surface area contributed by atoms with E-state index in [-0.39, 0.29) is 18.6 Å². The Kier molecular flexibility index (Phi) is 7.85. The van der Waals surface area contributed by atoms with Crippen LogP contribution in [0.4, 0.5) is 4.79 Å². The minimum atomic E-state index is -1.44. The third kappa shape index (κ3) is 7.94. The highest BCUT2D eigenvalue weighted by atomic mass is 32.2. The monoisotopic (exact) mass is 292 g/mol. The Hall–Kier alpha value is -0.950. The Bertz CT molecular complexity index is 310. The van der Waals surface area contributed by atoms with Gasteiger partial charge in [-0.1, -0.05) is 0 Å². The van der Waals surface area contributed by atoms with E-state index in [1.165, 1.54) is 6.92 Å². The van der Waals surface area contributed by atoms with Crippen molar-refractivity contribution in [2.24, 2.45) is 0 Å². The molecular formula is C12H24N2O4S. The van der Waals surface area contributed by atoms with Crippen molar-refractivity contribution in [1.82, 2.24) is 10.2 Å². The number of nitrogens with zero attached hydrogens (tertiary/aromatic N) is 1. The molecule has 2 atom stereocenters. The number of aliphatic hydroxyl groups is 1. The molecule has 0 aliphatic heterocycles. The molecule has 0 radical (unpaired) electrons. The highest BCUT2D eigenvalue weighted by Crippen LogP contribution is 2.09. The molecule has 3 N–H and O–H groups in total. The molecule has 2 amide bonds. The van der Waals surface area contributed by atoms with Gasteiger partial charge in [0.05, 0.1) is 12.0 Å². The zero-order chi connectivity index (χ0) is 15.1. The van der Waals surface area contributed by atoms with Crippen molar-refractivity contribution in [3.05, 3.63) is 0 Å². The molecular weight excluding hydrogens is 268 g/mol. The zero-order valence-corrected chi connectivity index (χ0v) is 12.8. The van der Waals surface area contributed by atoms with Crippen molar-refractivity contribution >= 4 is 23.8 Å². The quantitative estimate of drug-likeness (QED) is 0.621. The maximum atomic E-state index is 11.8. The largest absolute Gasteiger partial charge is 0.481 e. The number of aliphatic carboxylic acids is 1. The molecule has 0 saturated carbocycles. The van der Waals surface area contributed by atoms with Gasteiger partial charge >= 0.3 is 12.0 Å². The van der Waals surface area contributed by atoms with E-state index in [1.807, 2.05) is 13.2 Å². The topological polar surface area (TPSA) is 89.9 Å². The summed E-state index contributed by atoms with van der Waals surface area (Å²) in [4.78, 5) is 23.9. The summed E-state index contributed by atoms with van der Waals surface area (Å²) < 4.78 is 0. The zero-order valence-electron chi connectivity index (χ0n) is 12.0. The SMILES string of the molecule is CSCCC(C)N(C)C(=O)NCC(C)(O)CC(=O)O. The van der Waals surface area contributed by atoms with Crippen LogP contribution in [0.5, 0.6) is 0 Å². The highest BCUT2D eigenvalue weighted by Gasteiger charge is 2.26. The first-order valence-corrected chi connectivity index (χ1v) is 7.53. The summed E-state index contributed by atoms with van der Waals surface area (Å²) in [6, 6.07) is -0.212. The van der Waals surface area contributed by atoms with Gasteiger partial charge in [0.1, 0.15) is 0 Å². The molecule has 0 aliphatic rings. The number of hydrogen-bond acceptors (Lipinski definition) is 4. The van der Waals surface area contributed by atoms with Crippen LogP contribution in [-0.4, -0.2) is 64.4 Å². The van der Waals surface area contributed by atoms with Gasteiger partial charge in [-0.05, 0) is 32.3 Å². The van der Waals surface area contributed by atoms with Crippen molar-refractivity contribution in [3.8, 4) is 0 Å². The second kappa shape index (κ2) is 8.27. The van der Waals surface area contributed by atoms with Crippen LogP contribution < -0.4 is 5.32 Å². The summed E-state index contributed by atoms with van der Waals surface area (Å²) >= 11 is 1.72. The molecule has 0 saturated heterocycles. The number of urea groups is 1. The summed E-state index contributed by atoms with van der Waals surface area (Å²) in [7, 11) is 1.69. The van der Waals surface area contributed by atoms with E-state index < -0.39 is 18.0 Å². The second-order valence-corrected chi connectivity index (χ2v) is 5.95. The fourth-order valence-corrected chi connectivity index (χ4v) is 2.04. The van der Waals surface area contributed by atoms with Crippen molar-refractivity contribution in [3.63, 3.8) is 0 Å². The van der Waals surface area contributed by atoms with Crippen LogP contribution in [0.25, 0.3) is 0 Å². The Morgan fingerprint density at radius 1 is 1.47 bits per heavy atom. The van der Waals surface area contributed by atoms with E-state index in [9.17, 15) is 14.7 Å². The molecule has 0 rings (SSSR count). The van der Waals surface area contributed by atoms with Crippen LogP contribution >= 0.6 is 11.8 Å². The predicted octanol–water partition coefficient (Wildman–Crippen LogP) is 0.995. The minimum Gasteiger partial charge on any atom is -0.481 e. The van der Waals surface area contributed by atoms with Gasteiger partial charge in [-0.25, -0.2) is 4.79 Å². The van der Waals surface area contributed by atoms with Crippen molar-refractivity contribution in [2.75, 3.05) is 25.6 Å². The maximum Gasteiger partial charge on any atom is 0.317 e. The van der Waals surface area contributed by atoms with Crippen molar-refractivity contribution < 1.29 is 19.8 Å². The average Bonchev–Trinajstić information content (AvgIpc) is 2.30. The van der Waals surface area contributed by atoms with Gasteiger partial charge in [0.15, 0.2) is 0 Å². The van der Waals surface area contributed by atoms with Gasteiger partial charge in [0.25, 0.3) is 0 Å². The fourth-order valence-electron chi connectivity index (χ4n) is 1.46. The molecule has 0 spiro atoms. The van der Waals surface area contributed by atoms with E-state index in [4.69, 9.17) is 5.11 Å². The number of amides is 2. The summed E-state index contributed by atoms with van der Waals surface area (Å²) in [5.41, 5.74) is -1.44. The van der Waals surface area contributed by atoms with Crippen LogP contribution in [0, 0.1) is 0 Å². The lowest BCUT2D eigenvalue weighted by atomic mass is 10.0. The predicted molar refractivity (Wildman–Crippen MR) is 76.5 cm³/mol. The Balaban J connectivity index is 4.19. The Morgan fingerprint density at radius 3 is 2.53 bits per heavy atom. The lowest BCUT2D eigenvalue weighted by molar-refractivity contribution is -0.141. The number of hydrogen-bond donors (Lipinski definition) is 3. The van der Waals surface area contributed by atoms with Crippen LogP contribution in [0.1, 0.15) is 26.7 Å². The summed E-state index contributed by atoms with van der Waals surface area (Å²) in [6.07, 6.45) is 2.49. The number of carbonyl (C=O) groups excluding carboxylic acids is 1. The number of carboxylic acids is 1. The first-order valence-electron chi connectivity index (χ1n) is 6.13. The number of carboxylic acid groups (broad SMARTS) is 1. The smallest absolute Gasteiger partial charge is 0.317 e. The Labute approximate surface area is 118 Å². The molecule has 2 unspecified atom stereocenters. The van der Waals surface area contributed by atoms with Gasteiger partial charge in [-0.3, -0.25) is 4.79 Å². The molecule has 0 aromatic carbocycles. The summed E-state index contributed by atoms with van der Waals surface area (Å²) in [5, 5.41) is 21.0. The fraction of sp³-hybridized carbons (Fsp3) is 0.833. The third-order valence-corrected chi connectivity index (χ3v) is 3.52. The molecule has 0 aromatic rings. The second-order valence-electron chi connectivity index (χ2n) is 4.97. The summed E-state index contributed by atoms with van der Waals surface area (Å²) in [6.45, 7) is 3.25. The average molecular weight is 292 g/mol. The minimum absolute atomic E-state index is 0.0856. The van der Waals surface area contributed by atoms with E-state index in [1.54, 1.807) is 23.7 Å².